The van der Waals surface area contributed by atoms with E-state index in [0.29, 0.717) is 37.1 Å². The number of hydrogen-bond acceptors (Lipinski definition) is 3. The monoisotopic (exact) mass is 328 g/mol. The van der Waals surface area contributed by atoms with E-state index in [0.717, 1.165) is 0 Å². The molecule has 1 heterocycles. The van der Waals surface area contributed by atoms with Gasteiger partial charge in [-0.15, -0.1) is 6.42 Å². The number of ether oxygens (including phenoxy) is 1. The van der Waals surface area contributed by atoms with Gasteiger partial charge in [0, 0.05) is 30.3 Å². The van der Waals surface area contributed by atoms with E-state index in [4.69, 9.17) is 11.2 Å². The number of carbonyl (C=O) groups is 2. The van der Waals surface area contributed by atoms with Crippen molar-refractivity contribution in [1.82, 2.24) is 10.2 Å². The van der Waals surface area contributed by atoms with Crippen LogP contribution in [0.5, 0.6) is 0 Å². The first-order valence-corrected chi connectivity index (χ1v) is 8.14. The van der Waals surface area contributed by atoms with Gasteiger partial charge in [-0.05, 0) is 51.8 Å². The van der Waals surface area contributed by atoms with Crippen LogP contribution in [0.4, 0.5) is 4.79 Å². The fourth-order valence-corrected chi connectivity index (χ4v) is 2.55. The van der Waals surface area contributed by atoms with Crippen molar-refractivity contribution in [3.05, 3.63) is 35.4 Å². The van der Waals surface area contributed by atoms with Gasteiger partial charge in [-0.25, -0.2) is 4.79 Å². The Morgan fingerprint density at radius 2 is 1.96 bits per heavy atom. The molecule has 1 N–H and O–H groups in total. The van der Waals surface area contributed by atoms with Crippen LogP contribution < -0.4 is 5.32 Å². The topological polar surface area (TPSA) is 58.6 Å². The summed E-state index contributed by atoms with van der Waals surface area (Å²) in [6.45, 7) is 6.70. The number of terminal acetylenes is 1. The summed E-state index contributed by atoms with van der Waals surface area (Å²) in [7, 11) is 0. The minimum absolute atomic E-state index is 0.0469. The Morgan fingerprint density at radius 1 is 1.29 bits per heavy atom. The summed E-state index contributed by atoms with van der Waals surface area (Å²) < 4.78 is 5.37. The third-order valence-corrected chi connectivity index (χ3v) is 3.77. The number of amides is 2. The first kappa shape index (κ1) is 17.9. The molecule has 1 fully saturated rings. The van der Waals surface area contributed by atoms with Crippen LogP contribution in [0.25, 0.3) is 0 Å². The number of benzene rings is 1. The van der Waals surface area contributed by atoms with Crippen LogP contribution in [0.3, 0.4) is 0 Å². The quantitative estimate of drug-likeness (QED) is 0.849. The third-order valence-electron chi connectivity index (χ3n) is 3.77. The largest absolute Gasteiger partial charge is 0.444 e. The maximum absolute atomic E-state index is 12.3. The van der Waals surface area contributed by atoms with E-state index in [1.54, 1.807) is 29.2 Å². The molecule has 1 saturated heterocycles. The molecule has 0 saturated carbocycles. The lowest BCUT2D eigenvalue weighted by Crippen LogP contribution is -2.47. The van der Waals surface area contributed by atoms with Crippen molar-refractivity contribution >= 4 is 12.0 Å². The summed E-state index contributed by atoms with van der Waals surface area (Å²) in [5.74, 6) is 2.39. The molecular formula is C19H24N2O3. The first-order chi connectivity index (χ1) is 11.3. The van der Waals surface area contributed by atoms with Gasteiger partial charge in [-0.2, -0.15) is 0 Å². The lowest BCUT2D eigenvalue weighted by atomic mass is 10.0. The zero-order valence-electron chi connectivity index (χ0n) is 14.5. The van der Waals surface area contributed by atoms with Gasteiger partial charge in [-0.3, -0.25) is 4.79 Å². The van der Waals surface area contributed by atoms with E-state index in [9.17, 15) is 9.59 Å². The summed E-state index contributed by atoms with van der Waals surface area (Å²) in [4.78, 5) is 26.0. The Bertz CT molecular complexity index is 647. The van der Waals surface area contributed by atoms with Crippen molar-refractivity contribution in [3.8, 4) is 12.3 Å². The minimum Gasteiger partial charge on any atom is -0.444 e. The molecule has 1 aromatic carbocycles. The maximum atomic E-state index is 12.3. The summed E-state index contributed by atoms with van der Waals surface area (Å²) in [6.07, 6.45) is 6.48. The van der Waals surface area contributed by atoms with E-state index >= 15 is 0 Å². The summed E-state index contributed by atoms with van der Waals surface area (Å²) in [6, 6.07) is 7.05. The second-order valence-electron chi connectivity index (χ2n) is 6.94. The van der Waals surface area contributed by atoms with Gasteiger partial charge in [0.15, 0.2) is 0 Å². The Hall–Kier alpha value is -2.48. The normalized spacial score (nSPS) is 15.5. The van der Waals surface area contributed by atoms with Crippen LogP contribution in [-0.2, 0) is 4.74 Å². The van der Waals surface area contributed by atoms with Gasteiger partial charge in [0.1, 0.15) is 5.60 Å². The van der Waals surface area contributed by atoms with Crippen molar-refractivity contribution < 1.29 is 14.3 Å². The van der Waals surface area contributed by atoms with Crippen LogP contribution in [0.15, 0.2) is 24.3 Å². The lowest BCUT2D eigenvalue weighted by Gasteiger charge is -2.33. The van der Waals surface area contributed by atoms with Crippen LogP contribution in [0.1, 0.15) is 49.5 Å². The molecule has 1 aliphatic heterocycles. The van der Waals surface area contributed by atoms with Crippen molar-refractivity contribution in [2.75, 3.05) is 13.1 Å². The predicted octanol–water partition coefficient (Wildman–Crippen LogP) is 2.80. The predicted molar refractivity (Wildman–Crippen MR) is 92.7 cm³/mol. The van der Waals surface area contributed by atoms with Crippen molar-refractivity contribution in [2.24, 2.45) is 0 Å². The van der Waals surface area contributed by atoms with E-state index in [1.807, 2.05) is 20.8 Å². The zero-order valence-corrected chi connectivity index (χ0v) is 14.5. The highest BCUT2D eigenvalue weighted by Crippen LogP contribution is 2.16. The second-order valence-corrected chi connectivity index (χ2v) is 6.94. The highest BCUT2D eigenvalue weighted by Gasteiger charge is 2.27. The van der Waals surface area contributed by atoms with E-state index < -0.39 is 5.60 Å². The Labute approximate surface area is 143 Å². The molecule has 1 aliphatic rings. The summed E-state index contributed by atoms with van der Waals surface area (Å²) in [5.41, 5.74) is 0.743. The van der Waals surface area contributed by atoms with Gasteiger partial charge in [0.25, 0.3) is 5.91 Å². The molecule has 5 heteroatoms. The smallest absolute Gasteiger partial charge is 0.410 e. The number of nitrogens with zero attached hydrogens (tertiary/aromatic N) is 1. The highest BCUT2D eigenvalue weighted by molar-refractivity contribution is 5.94. The number of rotatable bonds is 2. The molecule has 0 unspecified atom stereocenters. The molecule has 2 rings (SSSR count). The molecular weight excluding hydrogens is 304 g/mol. The lowest BCUT2D eigenvalue weighted by molar-refractivity contribution is 0.0199. The Morgan fingerprint density at radius 3 is 2.54 bits per heavy atom. The average Bonchev–Trinajstić information content (AvgIpc) is 2.54. The van der Waals surface area contributed by atoms with Gasteiger partial charge in [-0.1, -0.05) is 12.0 Å². The number of likely N-dealkylation sites (tertiary alicyclic amines) is 1. The van der Waals surface area contributed by atoms with E-state index in [1.165, 1.54) is 0 Å². The van der Waals surface area contributed by atoms with E-state index in [2.05, 4.69) is 11.2 Å². The third kappa shape index (κ3) is 5.02. The average molecular weight is 328 g/mol. The molecule has 24 heavy (non-hydrogen) atoms. The minimum atomic E-state index is -0.496. The van der Waals surface area contributed by atoms with Crippen LogP contribution >= 0.6 is 0 Å². The van der Waals surface area contributed by atoms with Crippen LogP contribution in [-0.4, -0.2) is 41.6 Å². The second kappa shape index (κ2) is 7.39. The molecule has 0 aromatic heterocycles. The van der Waals surface area contributed by atoms with Gasteiger partial charge in [0.2, 0.25) is 0 Å². The Balaban J connectivity index is 1.85. The molecule has 0 atom stereocenters. The molecule has 0 radical (unpaired) electrons. The van der Waals surface area contributed by atoms with Crippen LogP contribution in [0.2, 0.25) is 0 Å². The molecule has 0 aliphatic carbocycles. The standard InChI is InChI=1S/C19H24N2O3/c1-5-14-7-6-8-15(13-14)17(22)20-16-9-11-21(12-10-16)18(23)24-19(2,3)4/h1,6-8,13,16H,9-12H2,2-4H3,(H,20,22). The van der Waals surface area contributed by atoms with Gasteiger partial charge >= 0.3 is 6.09 Å². The Kier molecular flexibility index (Phi) is 5.50. The van der Waals surface area contributed by atoms with Crippen LogP contribution in [0, 0.1) is 12.3 Å². The molecule has 128 valence electrons. The summed E-state index contributed by atoms with van der Waals surface area (Å²) >= 11 is 0. The molecule has 0 bridgehead atoms. The SMILES string of the molecule is C#Cc1cccc(C(=O)NC2CCN(C(=O)OC(C)(C)C)CC2)c1. The number of hydrogen-bond donors (Lipinski definition) is 1. The van der Waals surface area contributed by atoms with Crippen molar-refractivity contribution in [1.29, 1.82) is 0 Å². The van der Waals surface area contributed by atoms with E-state index in [-0.39, 0.29) is 18.0 Å². The highest BCUT2D eigenvalue weighted by atomic mass is 16.6. The van der Waals surface area contributed by atoms with Crippen molar-refractivity contribution in [2.45, 2.75) is 45.3 Å². The maximum Gasteiger partial charge on any atom is 0.410 e. The van der Waals surface area contributed by atoms with Gasteiger partial charge < -0.3 is 15.0 Å². The fraction of sp³-hybridized carbons (Fsp3) is 0.474. The fourth-order valence-electron chi connectivity index (χ4n) is 2.55. The molecule has 5 nitrogen and oxygen atoms in total. The zero-order chi connectivity index (χ0) is 17.7. The molecule has 2 amide bonds. The number of nitrogens with one attached hydrogen (secondary N) is 1. The number of piperidine rings is 1. The van der Waals surface area contributed by atoms with Gasteiger partial charge in [0.05, 0.1) is 0 Å². The van der Waals surface area contributed by atoms with Crippen molar-refractivity contribution in [3.63, 3.8) is 0 Å². The summed E-state index contributed by atoms with van der Waals surface area (Å²) in [5, 5.41) is 3.01. The number of carbonyl (C=O) groups excluding carboxylic acids is 2. The first-order valence-electron chi connectivity index (χ1n) is 8.14. The molecule has 1 aromatic rings. The molecule has 0 spiro atoms.